The number of benzene rings is 2. The molecule has 0 fully saturated rings. The molecule has 0 saturated heterocycles. The molecule has 2 aromatic rings. The van der Waals surface area contributed by atoms with Crippen molar-refractivity contribution in [3.63, 3.8) is 0 Å². The van der Waals surface area contributed by atoms with Crippen molar-refractivity contribution >= 4 is 11.7 Å². The Morgan fingerprint density at radius 3 is 2.38 bits per heavy atom. The number of hydrogen-bond donors (Lipinski definition) is 0. The first-order chi connectivity index (χ1) is 12.4. The van der Waals surface area contributed by atoms with Crippen LogP contribution in [-0.2, 0) is 0 Å². The van der Waals surface area contributed by atoms with Crippen molar-refractivity contribution in [2.45, 2.75) is 46.2 Å². The molecule has 0 aromatic heterocycles. The zero-order valence-electron chi connectivity index (χ0n) is 15.8. The molecular weight excluding hydrogens is 326 g/mol. The fourth-order valence-electron chi connectivity index (χ4n) is 3.55. The van der Waals surface area contributed by atoms with Crippen LogP contribution in [0.15, 0.2) is 42.5 Å². The van der Waals surface area contributed by atoms with Crippen LogP contribution in [0.25, 0.3) is 11.1 Å². The molecule has 1 aliphatic rings. The van der Waals surface area contributed by atoms with Gasteiger partial charge in [0.15, 0.2) is 5.78 Å². The smallest absolute Gasteiger partial charge is 0.254 e. The predicted octanol–water partition coefficient (Wildman–Crippen LogP) is 4.58. The second kappa shape index (κ2) is 7.32. The average Bonchev–Trinajstić information content (AvgIpc) is 2.61. The van der Waals surface area contributed by atoms with Crippen LogP contribution in [0.2, 0.25) is 0 Å². The van der Waals surface area contributed by atoms with Crippen LogP contribution in [0, 0.1) is 0 Å². The summed E-state index contributed by atoms with van der Waals surface area (Å²) in [4.78, 5) is 27.1. The van der Waals surface area contributed by atoms with Gasteiger partial charge >= 0.3 is 0 Å². The molecule has 136 valence electrons. The number of carbonyl (C=O) groups is 2. The molecule has 0 saturated carbocycles. The second-order valence-corrected chi connectivity index (χ2v) is 7.18. The molecule has 0 radical (unpaired) electrons. The number of amides is 1. The maximum absolute atomic E-state index is 13.2. The Balaban J connectivity index is 2.05. The summed E-state index contributed by atoms with van der Waals surface area (Å²) < 4.78 is 5.66. The van der Waals surface area contributed by atoms with Crippen LogP contribution >= 0.6 is 0 Å². The van der Waals surface area contributed by atoms with Crippen LogP contribution < -0.4 is 4.74 Å². The van der Waals surface area contributed by atoms with Gasteiger partial charge in [-0.05, 0) is 57.0 Å². The lowest BCUT2D eigenvalue weighted by molar-refractivity contribution is 0.0644. The van der Waals surface area contributed by atoms with Gasteiger partial charge in [0.2, 0.25) is 0 Å². The van der Waals surface area contributed by atoms with E-state index in [1.165, 1.54) is 0 Å². The number of hydrogen-bond acceptors (Lipinski definition) is 3. The minimum atomic E-state index is 0.0142. The van der Waals surface area contributed by atoms with Crippen molar-refractivity contribution in [3.8, 4) is 16.9 Å². The molecule has 4 heteroatoms. The van der Waals surface area contributed by atoms with Gasteiger partial charge in [-0.2, -0.15) is 0 Å². The Bertz CT molecular complexity index is 831. The van der Waals surface area contributed by atoms with Gasteiger partial charge in [-0.15, -0.1) is 0 Å². The largest absolute Gasteiger partial charge is 0.492 e. The van der Waals surface area contributed by atoms with Gasteiger partial charge in [0, 0.05) is 24.1 Å². The Labute approximate surface area is 154 Å². The molecule has 0 N–H and O–H groups in total. The summed E-state index contributed by atoms with van der Waals surface area (Å²) in [6.45, 7) is 8.51. The van der Waals surface area contributed by atoms with E-state index in [1.54, 1.807) is 6.07 Å². The molecule has 4 nitrogen and oxygen atoms in total. The summed E-state index contributed by atoms with van der Waals surface area (Å²) in [5.74, 6) is 0.721. The summed E-state index contributed by atoms with van der Waals surface area (Å²) in [5.41, 5.74) is 3.02. The van der Waals surface area contributed by atoms with E-state index in [0.29, 0.717) is 29.9 Å². The quantitative estimate of drug-likeness (QED) is 0.810. The van der Waals surface area contributed by atoms with Gasteiger partial charge in [-0.3, -0.25) is 9.59 Å². The van der Waals surface area contributed by atoms with Gasteiger partial charge < -0.3 is 9.64 Å². The molecule has 0 bridgehead atoms. The summed E-state index contributed by atoms with van der Waals surface area (Å²) >= 11 is 0. The summed E-state index contributed by atoms with van der Waals surface area (Å²) in [6.07, 6.45) is 0.416. The van der Waals surface area contributed by atoms with E-state index in [9.17, 15) is 9.59 Å². The summed E-state index contributed by atoms with van der Waals surface area (Å²) in [7, 11) is 0. The van der Waals surface area contributed by atoms with Crippen LogP contribution in [0.4, 0.5) is 0 Å². The molecular formula is C22H25NO3. The van der Waals surface area contributed by atoms with Crippen LogP contribution in [-0.4, -0.2) is 35.3 Å². The van der Waals surface area contributed by atoms with E-state index < -0.39 is 0 Å². The average molecular weight is 351 g/mol. The van der Waals surface area contributed by atoms with Gasteiger partial charge in [-0.25, -0.2) is 0 Å². The topological polar surface area (TPSA) is 46.6 Å². The fourth-order valence-corrected chi connectivity index (χ4v) is 3.55. The van der Waals surface area contributed by atoms with Crippen molar-refractivity contribution in [1.29, 1.82) is 0 Å². The van der Waals surface area contributed by atoms with Gasteiger partial charge in [0.25, 0.3) is 5.91 Å². The van der Waals surface area contributed by atoms with E-state index in [2.05, 4.69) is 0 Å². The highest BCUT2D eigenvalue weighted by atomic mass is 16.5. The summed E-state index contributed by atoms with van der Waals surface area (Å²) in [6, 6.07) is 13.4. The van der Waals surface area contributed by atoms with E-state index in [4.69, 9.17) is 4.74 Å². The van der Waals surface area contributed by atoms with Crippen molar-refractivity contribution < 1.29 is 14.3 Å². The molecule has 26 heavy (non-hydrogen) atoms. The first kappa shape index (κ1) is 18.2. The zero-order valence-corrected chi connectivity index (χ0v) is 15.8. The van der Waals surface area contributed by atoms with Crippen LogP contribution in [0.1, 0.15) is 54.8 Å². The lowest BCUT2D eigenvalue weighted by Crippen LogP contribution is -2.42. The number of fused-ring (bicyclic) bond motifs is 1. The number of ketones is 1. The number of Topliss-reactive ketones (excluding diaryl/α,β-unsaturated/α-hetero) is 1. The number of nitrogens with zero attached hydrogens (tertiary/aromatic N) is 1. The standard InChI is InChI=1S/C22H25NO3/c1-14(2)23(15(3)4)22(25)18-8-6-5-7-17(18)16-9-10-19-20(24)11-12-26-21(19)13-16/h5-10,13-15H,11-12H2,1-4H3. The molecule has 0 spiro atoms. The van der Waals surface area contributed by atoms with Crippen molar-refractivity contribution in [2.24, 2.45) is 0 Å². The van der Waals surface area contributed by atoms with Crippen LogP contribution in [0.5, 0.6) is 5.75 Å². The van der Waals surface area contributed by atoms with Crippen molar-refractivity contribution in [1.82, 2.24) is 4.90 Å². The maximum Gasteiger partial charge on any atom is 0.254 e. The molecule has 1 aliphatic heterocycles. The van der Waals surface area contributed by atoms with E-state index >= 15 is 0 Å². The molecule has 0 atom stereocenters. The Morgan fingerprint density at radius 2 is 1.69 bits per heavy atom. The maximum atomic E-state index is 13.2. The van der Waals surface area contributed by atoms with Gasteiger partial charge in [-0.1, -0.05) is 24.3 Å². The normalized spacial score (nSPS) is 13.5. The third kappa shape index (κ3) is 3.36. The van der Waals surface area contributed by atoms with E-state index in [1.807, 2.05) is 69.0 Å². The lowest BCUT2D eigenvalue weighted by atomic mass is 9.95. The SMILES string of the molecule is CC(C)N(C(=O)c1ccccc1-c1ccc2c(c1)OCCC2=O)C(C)C. The first-order valence-electron chi connectivity index (χ1n) is 9.12. The highest BCUT2D eigenvalue weighted by Gasteiger charge is 2.25. The fraction of sp³-hybridized carbons (Fsp3) is 0.364. The molecule has 1 amide bonds. The Hall–Kier alpha value is -2.62. The van der Waals surface area contributed by atoms with Crippen LogP contribution in [0.3, 0.4) is 0 Å². The molecule has 2 aromatic carbocycles. The minimum Gasteiger partial charge on any atom is -0.492 e. The third-order valence-electron chi connectivity index (χ3n) is 4.68. The molecule has 1 heterocycles. The third-order valence-corrected chi connectivity index (χ3v) is 4.68. The zero-order chi connectivity index (χ0) is 18.8. The van der Waals surface area contributed by atoms with Crippen molar-refractivity contribution in [2.75, 3.05) is 6.61 Å². The lowest BCUT2D eigenvalue weighted by Gasteiger charge is -2.31. The Kier molecular flexibility index (Phi) is 5.12. The molecule has 3 rings (SSSR count). The Morgan fingerprint density at radius 1 is 1.00 bits per heavy atom. The predicted molar refractivity (Wildman–Crippen MR) is 103 cm³/mol. The van der Waals surface area contributed by atoms with E-state index in [0.717, 1.165) is 11.1 Å². The molecule has 0 aliphatic carbocycles. The van der Waals surface area contributed by atoms with Gasteiger partial charge in [0.05, 0.1) is 12.2 Å². The molecule has 0 unspecified atom stereocenters. The number of carbonyl (C=O) groups excluding carboxylic acids is 2. The second-order valence-electron chi connectivity index (χ2n) is 7.18. The number of ether oxygens (including phenoxy) is 1. The summed E-state index contributed by atoms with van der Waals surface area (Å²) in [5, 5.41) is 0. The van der Waals surface area contributed by atoms with E-state index in [-0.39, 0.29) is 23.8 Å². The first-order valence-corrected chi connectivity index (χ1v) is 9.12. The highest BCUT2D eigenvalue weighted by molar-refractivity contribution is 6.03. The van der Waals surface area contributed by atoms with Gasteiger partial charge in [0.1, 0.15) is 5.75 Å². The monoisotopic (exact) mass is 351 g/mol. The highest BCUT2D eigenvalue weighted by Crippen LogP contribution is 2.33. The number of rotatable bonds is 4. The van der Waals surface area contributed by atoms with Crippen molar-refractivity contribution in [3.05, 3.63) is 53.6 Å². The minimum absolute atomic E-state index is 0.0142.